The van der Waals surface area contributed by atoms with Gasteiger partial charge in [-0.3, -0.25) is 0 Å². The van der Waals surface area contributed by atoms with E-state index in [-0.39, 0.29) is 23.0 Å². The van der Waals surface area contributed by atoms with E-state index in [1.54, 1.807) is 12.2 Å². The molecular formula is C12H12FeO5. The predicted molar refractivity (Wildman–Crippen MR) is 56.9 cm³/mol. The molecule has 0 rings (SSSR count). The summed E-state index contributed by atoms with van der Waals surface area (Å²) >= 11 is 0. The first-order chi connectivity index (χ1) is 8.31. The molecule has 0 unspecified atom stereocenters. The van der Waals surface area contributed by atoms with Crippen LogP contribution in [0.1, 0.15) is 6.92 Å². The summed E-state index contributed by atoms with van der Waals surface area (Å²) in [5.41, 5.74) is 0. The quantitative estimate of drug-likeness (QED) is 0.198. The molecule has 98 valence electrons. The van der Waals surface area contributed by atoms with Crippen LogP contribution in [0, 0.1) is 20.0 Å². The zero-order valence-electron chi connectivity index (χ0n) is 9.86. The molecular weight excluding hydrogens is 280 g/mol. The van der Waals surface area contributed by atoms with E-state index in [0.717, 1.165) is 0 Å². The zero-order chi connectivity index (χ0) is 14.5. The van der Waals surface area contributed by atoms with E-state index in [4.69, 9.17) is 14.0 Å². The average molecular weight is 292 g/mol. The number of ether oxygens (including phenoxy) is 1. The van der Waals surface area contributed by atoms with Gasteiger partial charge in [-0.25, -0.2) is 4.79 Å². The maximum absolute atomic E-state index is 10.5. The number of allylic oxidation sites excluding steroid dienone is 5. The molecule has 0 heterocycles. The van der Waals surface area contributed by atoms with Crippen LogP contribution in [0.4, 0.5) is 0 Å². The number of esters is 1. The van der Waals surface area contributed by atoms with Crippen LogP contribution in [0.3, 0.4) is 0 Å². The van der Waals surface area contributed by atoms with Crippen molar-refractivity contribution in [3.63, 3.8) is 0 Å². The first-order valence-electron chi connectivity index (χ1n) is 3.96. The third-order valence-corrected chi connectivity index (χ3v) is 0.959. The molecule has 0 aliphatic heterocycles. The molecule has 0 N–H and O–H groups in total. The standard InChI is InChI=1S/C9H12O2.3CO.Fe/c1-3-4-5-6-7-8-9(10)11-2;3*1-2;/h3-8H,1-2H3;;;;/b4-3+,6-5+,8-7+;;;;. The third kappa shape index (κ3) is 47.1. The van der Waals surface area contributed by atoms with Gasteiger partial charge in [-0.1, -0.05) is 30.4 Å². The molecule has 0 aromatic carbocycles. The third-order valence-electron chi connectivity index (χ3n) is 0.959. The van der Waals surface area contributed by atoms with Crippen molar-refractivity contribution in [3.8, 4) is 0 Å². The maximum Gasteiger partial charge on any atom is 0 e. The Hall–Kier alpha value is -1.57. The van der Waals surface area contributed by atoms with Gasteiger partial charge in [-0.15, -0.1) is 0 Å². The Labute approximate surface area is 117 Å². The van der Waals surface area contributed by atoms with Gasteiger partial charge in [-0.05, 0) is 6.92 Å². The first-order valence-corrected chi connectivity index (χ1v) is 3.96. The van der Waals surface area contributed by atoms with E-state index in [1.165, 1.54) is 13.2 Å². The van der Waals surface area contributed by atoms with Crippen LogP contribution in [0.15, 0.2) is 36.5 Å². The van der Waals surface area contributed by atoms with Crippen molar-refractivity contribution in [1.82, 2.24) is 0 Å². The van der Waals surface area contributed by atoms with Gasteiger partial charge in [0.15, 0.2) is 0 Å². The molecule has 0 aromatic rings. The molecule has 0 saturated heterocycles. The monoisotopic (exact) mass is 292 g/mol. The van der Waals surface area contributed by atoms with Crippen molar-refractivity contribution in [2.45, 2.75) is 6.92 Å². The van der Waals surface area contributed by atoms with Gasteiger partial charge in [0.1, 0.15) is 0 Å². The van der Waals surface area contributed by atoms with Crippen molar-refractivity contribution in [2.24, 2.45) is 0 Å². The molecule has 18 heavy (non-hydrogen) atoms. The second-order valence-corrected chi connectivity index (χ2v) is 1.79. The predicted octanol–water partition coefficient (Wildman–Crippen LogP) is 1.73. The summed E-state index contributed by atoms with van der Waals surface area (Å²) in [6, 6.07) is 0. The summed E-state index contributed by atoms with van der Waals surface area (Å²) in [5.74, 6) is -0.338. The minimum absolute atomic E-state index is 0. The summed E-state index contributed by atoms with van der Waals surface area (Å²) in [6.45, 7) is 15.4. The smallest absolute Gasteiger partial charge is 0 e. The largest absolute Gasteiger partial charge is 0 e. The summed E-state index contributed by atoms with van der Waals surface area (Å²) in [4.78, 5) is 10.5. The Morgan fingerprint density at radius 2 is 1.33 bits per heavy atom. The van der Waals surface area contributed by atoms with Gasteiger partial charge in [0, 0.05) is 23.1 Å². The molecule has 0 aliphatic carbocycles. The summed E-state index contributed by atoms with van der Waals surface area (Å²) in [5, 5.41) is 0. The molecule has 6 heteroatoms. The Morgan fingerprint density at radius 1 is 0.944 bits per heavy atom. The number of methoxy groups -OCH3 is 1. The van der Waals surface area contributed by atoms with Gasteiger partial charge < -0.3 is 4.74 Å². The van der Waals surface area contributed by atoms with E-state index in [0.29, 0.717) is 0 Å². The first kappa shape index (κ1) is 29.9. The molecule has 0 saturated carbocycles. The van der Waals surface area contributed by atoms with Crippen molar-refractivity contribution in [3.05, 3.63) is 56.4 Å². The number of carbonyl (C=O) groups excluding carboxylic acids is 1. The Bertz CT molecular complexity index is 283. The number of rotatable bonds is 3. The SMILES string of the molecule is C/C=C/C=C/C=C/C(=O)OC.[C-]#[O+].[C-]#[O+].[C-]#[O+].[Fe]. The Balaban J connectivity index is -0.0000000700. The van der Waals surface area contributed by atoms with Crippen molar-refractivity contribution in [1.29, 1.82) is 0 Å². The topological polar surface area (TPSA) is 86.0 Å². The minimum atomic E-state index is -0.338. The van der Waals surface area contributed by atoms with Crippen LogP contribution in [0.25, 0.3) is 0 Å². The van der Waals surface area contributed by atoms with E-state index < -0.39 is 0 Å². The summed E-state index contributed by atoms with van der Waals surface area (Å²) in [7, 11) is 1.35. The fraction of sp³-hybridized carbons (Fsp3) is 0.167. The molecule has 0 spiro atoms. The molecule has 0 aromatic heterocycles. The van der Waals surface area contributed by atoms with E-state index in [2.05, 4.69) is 24.7 Å². The Morgan fingerprint density at radius 3 is 1.67 bits per heavy atom. The second kappa shape index (κ2) is 45.2. The molecule has 0 atom stereocenters. The second-order valence-electron chi connectivity index (χ2n) is 1.79. The van der Waals surface area contributed by atoms with E-state index in [9.17, 15) is 4.79 Å². The maximum atomic E-state index is 10.5. The van der Waals surface area contributed by atoms with Crippen LogP contribution < -0.4 is 0 Å². The van der Waals surface area contributed by atoms with Gasteiger partial charge in [0.25, 0.3) is 0 Å². The normalized spacial score (nSPS) is 7.56. The van der Waals surface area contributed by atoms with Gasteiger partial charge in [-0.2, -0.15) is 0 Å². The fourth-order valence-corrected chi connectivity index (χ4v) is 0.442. The molecule has 5 nitrogen and oxygen atoms in total. The van der Waals surface area contributed by atoms with E-state index in [1.807, 2.05) is 25.2 Å². The van der Waals surface area contributed by atoms with Crippen LogP contribution >= 0.6 is 0 Å². The van der Waals surface area contributed by atoms with Crippen molar-refractivity contribution < 1.29 is 40.6 Å². The fourth-order valence-electron chi connectivity index (χ4n) is 0.442. The zero-order valence-corrected chi connectivity index (χ0v) is 11.0. The van der Waals surface area contributed by atoms with Crippen LogP contribution in [-0.2, 0) is 40.6 Å². The van der Waals surface area contributed by atoms with Crippen LogP contribution in [0.5, 0.6) is 0 Å². The number of hydrogen-bond donors (Lipinski definition) is 0. The molecule has 0 fully saturated rings. The number of carbonyl (C=O) groups is 1. The number of hydrogen-bond acceptors (Lipinski definition) is 2. The molecule has 0 radical (unpaired) electrons. The van der Waals surface area contributed by atoms with Crippen LogP contribution in [-0.4, -0.2) is 13.1 Å². The molecule has 0 amide bonds. The van der Waals surface area contributed by atoms with Gasteiger partial charge in [0.2, 0.25) is 0 Å². The summed E-state index contributed by atoms with van der Waals surface area (Å²) in [6.07, 6.45) is 10.4. The van der Waals surface area contributed by atoms with Gasteiger partial charge in [0.05, 0.1) is 7.11 Å². The van der Waals surface area contributed by atoms with Crippen molar-refractivity contribution >= 4 is 5.97 Å². The average Bonchev–Trinajstić information content (AvgIpc) is 2.45. The van der Waals surface area contributed by atoms with Gasteiger partial charge >= 0.3 is 39.9 Å². The minimum Gasteiger partial charge on any atom is 0 e. The molecule has 0 aliphatic rings. The van der Waals surface area contributed by atoms with Crippen LogP contribution in [0.2, 0.25) is 0 Å². The molecule has 0 bridgehead atoms. The van der Waals surface area contributed by atoms with Crippen molar-refractivity contribution in [2.75, 3.05) is 7.11 Å². The van der Waals surface area contributed by atoms with E-state index >= 15 is 0 Å². The summed E-state index contributed by atoms with van der Waals surface area (Å²) < 4.78 is 26.9. The Kier molecular flexibility index (Phi) is 75.2.